The van der Waals surface area contributed by atoms with Gasteiger partial charge in [0.1, 0.15) is 11.6 Å². The minimum absolute atomic E-state index is 0.216. The van der Waals surface area contributed by atoms with Gasteiger partial charge in [-0.2, -0.15) is 0 Å². The molecule has 0 spiro atoms. The van der Waals surface area contributed by atoms with Gasteiger partial charge < -0.3 is 10.2 Å². The summed E-state index contributed by atoms with van der Waals surface area (Å²) in [5, 5.41) is 3.61. The van der Waals surface area contributed by atoms with Crippen molar-refractivity contribution in [3.63, 3.8) is 0 Å². The third kappa shape index (κ3) is 5.04. The highest BCUT2D eigenvalue weighted by Gasteiger charge is 2.27. The van der Waals surface area contributed by atoms with Crippen LogP contribution in [0.25, 0.3) is 0 Å². The summed E-state index contributed by atoms with van der Waals surface area (Å²) in [5.74, 6) is -0.981. The molecule has 1 saturated heterocycles. The van der Waals surface area contributed by atoms with Crippen LogP contribution in [0.5, 0.6) is 0 Å². The maximum absolute atomic E-state index is 13.2. The maximum atomic E-state index is 13.2. The Hall–Kier alpha value is -1.00. The van der Waals surface area contributed by atoms with E-state index in [9.17, 15) is 8.78 Å². The third-order valence-electron chi connectivity index (χ3n) is 4.17. The summed E-state index contributed by atoms with van der Waals surface area (Å²) in [5.41, 5.74) is 0.949. The normalized spacial score (nSPS) is 21.3. The van der Waals surface area contributed by atoms with Crippen molar-refractivity contribution in [3.05, 3.63) is 35.4 Å². The molecule has 0 aliphatic carbocycles. The van der Waals surface area contributed by atoms with Crippen LogP contribution in [-0.4, -0.2) is 37.1 Å². The predicted molar refractivity (Wildman–Crippen MR) is 82.4 cm³/mol. The molecule has 21 heavy (non-hydrogen) atoms. The van der Waals surface area contributed by atoms with Crippen LogP contribution in [0, 0.1) is 17.0 Å². The first-order chi connectivity index (χ1) is 9.84. The second kappa shape index (κ2) is 6.84. The van der Waals surface area contributed by atoms with Gasteiger partial charge in [0.2, 0.25) is 0 Å². The molecule has 1 aliphatic rings. The molecule has 2 nitrogen and oxygen atoms in total. The topological polar surface area (TPSA) is 15.3 Å². The zero-order valence-electron chi connectivity index (χ0n) is 13.3. The van der Waals surface area contributed by atoms with E-state index in [4.69, 9.17) is 0 Å². The van der Waals surface area contributed by atoms with Crippen molar-refractivity contribution in [2.24, 2.45) is 5.41 Å². The molecule has 0 bridgehead atoms. The average molecular weight is 296 g/mol. The molecule has 0 saturated carbocycles. The van der Waals surface area contributed by atoms with Crippen LogP contribution in [0.3, 0.4) is 0 Å². The maximum Gasteiger partial charge on any atom is 0.126 e. The Morgan fingerprint density at radius 1 is 1.19 bits per heavy atom. The standard InChI is InChI=1S/C17H26F2N2/c1-17(2,3)16-12-21(7-4-6-20-16)8-5-13-9-14(18)11-15(19)10-13/h9-11,16,20H,4-8,12H2,1-3H3. The first-order valence-electron chi connectivity index (χ1n) is 7.75. The molecule has 1 aromatic rings. The Morgan fingerprint density at radius 3 is 2.48 bits per heavy atom. The van der Waals surface area contributed by atoms with Crippen LogP contribution < -0.4 is 5.32 Å². The van der Waals surface area contributed by atoms with Gasteiger partial charge in [-0.3, -0.25) is 0 Å². The Bertz CT molecular complexity index is 448. The van der Waals surface area contributed by atoms with Crippen molar-refractivity contribution in [2.45, 2.75) is 39.7 Å². The highest BCUT2D eigenvalue weighted by atomic mass is 19.1. The minimum Gasteiger partial charge on any atom is -0.312 e. The molecule has 1 unspecified atom stereocenters. The highest BCUT2D eigenvalue weighted by molar-refractivity contribution is 5.18. The molecule has 1 atom stereocenters. The molecule has 118 valence electrons. The number of hydrogen-bond donors (Lipinski definition) is 1. The molecule has 1 heterocycles. The fourth-order valence-corrected chi connectivity index (χ4v) is 2.82. The van der Waals surface area contributed by atoms with Crippen molar-refractivity contribution in [1.29, 1.82) is 0 Å². The summed E-state index contributed by atoms with van der Waals surface area (Å²) in [7, 11) is 0. The summed E-state index contributed by atoms with van der Waals surface area (Å²) in [4.78, 5) is 2.40. The van der Waals surface area contributed by atoms with Crippen LogP contribution in [0.1, 0.15) is 32.8 Å². The predicted octanol–water partition coefficient (Wildman–Crippen LogP) is 3.22. The first-order valence-corrected chi connectivity index (χ1v) is 7.75. The van der Waals surface area contributed by atoms with E-state index in [-0.39, 0.29) is 5.41 Å². The van der Waals surface area contributed by atoms with Gasteiger partial charge in [-0.25, -0.2) is 8.78 Å². The van der Waals surface area contributed by atoms with Gasteiger partial charge in [0, 0.05) is 25.2 Å². The number of nitrogens with zero attached hydrogens (tertiary/aromatic N) is 1. The van der Waals surface area contributed by atoms with Gasteiger partial charge in [0.25, 0.3) is 0 Å². The van der Waals surface area contributed by atoms with Gasteiger partial charge >= 0.3 is 0 Å². The summed E-state index contributed by atoms with van der Waals surface area (Å²) in [6, 6.07) is 4.24. The first kappa shape index (κ1) is 16.4. The van der Waals surface area contributed by atoms with E-state index >= 15 is 0 Å². The molecule has 1 aliphatic heterocycles. The lowest BCUT2D eigenvalue weighted by molar-refractivity contribution is 0.198. The molecule has 0 aromatic heterocycles. The highest BCUT2D eigenvalue weighted by Crippen LogP contribution is 2.22. The van der Waals surface area contributed by atoms with Crippen LogP contribution in [0.4, 0.5) is 8.78 Å². The largest absolute Gasteiger partial charge is 0.312 e. The lowest BCUT2D eigenvalue weighted by atomic mass is 9.86. The minimum atomic E-state index is -0.491. The second-order valence-corrected chi connectivity index (χ2v) is 7.05. The summed E-state index contributed by atoms with van der Waals surface area (Å²) in [6.07, 6.45) is 1.80. The summed E-state index contributed by atoms with van der Waals surface area (Å²) in [6.45, 7) is 10.6. The number of halogens is 2. The van der Waals surface area contributed by atoms with E-state index in [0.29, 0.717) is 12.5 Å². The second-order valence-electron chi connectivity index (χ2n) is 7.05. The zero-order valence-corrected chi connectivity index (χ0v) is 13.3. The van der Waals surface area contributed by atoms with E-state index in [1.54, 1.807) is 0 Å². The molecular weight excluding hydrogens is 270 g/mol. The van der Waals surface area contributed by atoms with Crippen molar-refractivity contribution >= 4 is 0 Å². The fourth-order valence-electron chi connectivity index (χ4n) is 2.82. The van der Waals surface area contributed by atoms with E-state index < -0.39 is 11.6 Å². The molecule has 4 heteroatoms. The van der Waals surface area contributed by atoms with Crippen molar-refractivity contribution in [2.75, 3.05) is 26.2 Å². The molecular formula is C17H26F2N2. The average Bonchev–Trinajstić information content (AvgIpc) is 2.60. The van der Waals surface area contributed by atoms with Gasteiger partial charge in [-0.1, -0.05) is 20.8 Å². The molecule has 2 rings (SSSR count). The van der Waals surface area contributed by atoms with Crippen LogP contribution in [-0.2, 0) is 6.42 Å². The zero-order chi connectivity index (χ0) is 15.5. The van der Waals surface area contributed by atoms with Crippen molar-refractivity contribution in [3.8, 4) is 0 Å². The monoisotopic (exact) mass is 296 g/mol. The van der Waals surface area contributed by atoms with Crippen LogP contribution in [0.15, 0.2) is 18.2 Å². The van der Waals surface area contributed by atoms with Crippen LogP contribution >= 0.6 is 0 Å². The number of rotatable bonds is 3. The van der Waals surface area contributed by atoms with E-state index in [0.717, 1.165) is 44.2 Å². The Balaban J connectivity index is 1.95. The summed E-state index contributed by atoms with van der Waals surface area (Å²) >= 11 is 0. The van der Waals surface area contributed by atoms with Gasteiger partial charge in [0.15, 0.2) is 0 Å². The number of benzene rings is 1. The van der Waals surface area contributed by atoms with Gasteiger partial charge in [-0.05, 0) is 49.0 Å². The smallest absolute Gasteiger partial charge is 0.126 e. The molecule has 1 aromatic carbocycles. The van der Waals surface area contributed by atoms with Crippen molar-refractivity contribution in [1.82, 2.24) is 10.2 Å². The van der Waals surface area contributed by atoms with Gasteiger partial charge in [0.05, 0.1) is 0 Å². The lowest BCUT2D eigenvalue weighted by Crippen LogP contribution is -2.46. The molecule has 0 amide bonds. The number of hydrogen-bond acceptors (Lipinski definition) is 2. The van der Waals surface area contributed by atoms with E-state index in [1.165, 1.54) is 12.1 Å². The Kier molecular flexibility index (Phi) is 5.33. The Labute approximate surface area is 126 Å². The lowest BCUT2D eigenvalue weighted by Gasteiger charge is -2.33. The fraction of sp³-hybridized carbons (Fsp3) is 0.647. The SMILES string of the molecule is CC(C)(C)C1CN(CCc2cc(F)cc(F)c2)CCCN1. The van der Waals surface area contributed by atoms with E-state index in [1.807, 2.05) is 0 Å². The van der Waals surface area contributed by atoms with E-state index in [2.05, 4.69) is 31.0 Å². The quantitative estimate of drug-likeness (QED) is 0.921. The molecule has 1 N–H and O–H groups in total. The van der Waals surface area contributed by atoms with Gasteiger partial charge in [-0.15, -0.1) is 0 Å². The number of nitrogens with one attached hydrogen (secondary N) is 1. The Morgan fingerprint density at radius 2 is 1.86 bits per heavy atom. The van der Waals surface area contributed by atoms with Crippen molar-refractivity contribution < 1.29 is 8.78 Å². The molecule has 0 radical (unpaired) electrons. The third-order valence-corrected chi connectivity index (χ3v) is 4.17. The van der Waals surface area contributed by atoms with Crippen LogP contribution in [0.2, 0.25) is 0 Å². The molecule has 1 fully saturated rings. The summed E-state index contributed by atoms with van der Waals surface area (Å²) < 4.78 is 26.4.